The number of amides is 1. The van der Waals surface area contributed by atoms with Crippen molar-refractivity contribution in [1.29, 1.82) is 0 Å². The molecule has 132 valence electrons. The first kappa shape index (κ1) is 17.7. The molecule has 0 saturated carbocycles. The number of rotatable bonds is 5. The minimum Gasteiger partial charge on any atom is -0.467 e. The van der Waals surface area contributed by atoms with Gasteiger partial charge in [-0.25, -0.2) is 9.78 Å². The van der Waals surface area contributed by atoms with Crippen molar-refractivity contribution < 1.29 is 14.3 Å². The summed E-state index contributed by atoms with van der Waals surface area (Å²) in [6, 6.07) is 5.03. The second-order valence-corrected chi connectivity index (χ2v) is 7.26. The lowest BCUT2D eigenvalue weighted by molar-refractivity contribution is 0.201. The number of halogens is 1. The van der Waals surface area contributed by atoms with Crippen LogP contribution in [0.2, 0.25) is 5.15 Å². The van der Waals surface area contributed by atoms with Crippen LogP contribution in [0.4, 0.5) is 10.5 Å². The summed E-state index contributed by atoms with van der Waals surface area (Å²) in [5.41, 5.74) is 8.01. The van der Waals surface area contributed by atoms with Gasteiger partial charge in [-0.05, 0) is 31.2 Å². The van der Waals surface area contributed by atoms with Crippen LogP contribution in [0.15, 0.2) is 28.9 Å². The molecule has 3 heterocycles. The molecule has 0 fully saturated rings. The van der Waals surface area contributed by atoms with E-state index in [2.05, 4.69) is 4.98 Å². The van der Waals surface area contributed by atoms with Crippen LogP contribution in [-0.2, 0) is 6.54 Å². The Morgan fingerprint density at radius 3 is 2.92 bits per heavy atom. The monoisotopic (exact) mass is 379 g/mol. The van der Waals surface area contributed by atoms with E-state index in [4.69, 9.17) is 21.8 Å². The van der Waals surface area contributed by atoms with Gasteiger partial charge in [-0.2, -0.15) is 0 Å². The maximum absolute atomic E-state index is 11.9. The fraction of sp³-hybridized carbons (Fsp3) is 0.294. The molecule has 0 radical (unpaired) electrons. The highest BCUT2D eigenvalue weighted by molar-refractivity contribution is 7.20. The Morgan fingerprint density at radius 2 is 2.32 bits per heavy atom. The van der Waals surface area contributed by atoms with Gasteiger partial charge >= 0.3 is 6.09 Å². The molecular weight excluding hydrogens is 362 g/mol. The van der Waals surface area contributed by atoms with Gasteiger partial charge in [0.05, 0.1) is 28.7 Å². The Kier molecular flexibility index (Phi) is 4.99. The van der Waals surface area contributed by atoms with E-state index in [1.807, 2.05) is 13.8 Å². The molecule has 3 rings (SSSR count). The first-order valence-corrected chi connectivity index (χ1v) is 8.94. The molecule has 0 aromatic carbocycles. The van der Waals surface area contributed by atoms with Crippen molar-refractivity contribution in [3.05, 3.63) is 45.8 Å². The molecule has 0 bridgehead atoms. The molecule has 0 aliphatic heterocycles. The third kappa shape index (κ3) is 3.35. The number of hydrogen-bond donors (Lipinski definition) is 2. The lowest BCUT2D eigenvalue weighted by atomic mass is 10.1. The van der Waals surface area contributed by atoms with Gasteiger partial charge in [0.25, 0.3) is 0 Å². The number of fused-ring (bicyclic) bond motifs is 1. The molecule has 0 aliphatic rings. The lowest BCUT2D eigenvalue weighted by Crippen LogP contribution is -2.28. The number of nitrogens with zero attached hydrogens (tertiary/aromatic N) is 2. The predicted octanol–water partition coefficient (Wildman–Crippen LogP) is 4.60. The summed E-state index contributed by atoms with van der Waals surface area (Å²) < 4.78 is 6.08. The molecule has 0 spiro atoms. The smallest absolute Gasteiger partial charge is 0.412 e. The highest BCUT2D eigenvalue weighted by atomic mass is 35.5. The van der Waals surface area contributed by atoms with Gasteiger partial charge in [0.1, 0.15) is 10.9 Å². The molecule has 0 aliphatic carbocycles. The van der Waals surface area contributed by atoms with Crippen molar-refractivity contribution in [2.24, 2.45) is 5.73 Å². The quantitative estimate of drug-likeness (QED) is 0.632. The van der Waals surface area contributed by atoms with Gasteiger partial charge in [-0.1, -0.05) is 18.5 Å². The minimum atomic E-state index is -1.08. The van der Waals surface area contributed by atoms with Gasteiger partial charge in [0.15, 0.2) is 0 Å². The Labute approximate surface area is 153 Å². The molecule has 8 heteroatoms. The van der Waals surface area contributed by atoms with E-state index >= 15 is 0 Å². The van der Waals surface area contributed by atoms with Crippen molar-refractivity contribution in [3.63, 3.8) is 0 Å². The molecule has 3 aromatic heterocycles. The van der Waals surface area contributed by atoms with Gasteiger partial charge < -0.3 is 15.3 Å². The summed E-state index contributed by atoms with van der Waals surface area (Å²) in [7, 11) is 0. The highest BCUT2D eigenvalue weighted by Crippen LogP contribution is 2.41. The van der Waals surface area contributed by atoms with E-state index in [1.54, 1.807) is 18.2 Å². The van der Waals surface area contributed by atoms with Gasteiger partial charge in [-0.3, -0.25) is 4.90 Å². The zero-order valence-electron chi connectivity index (χ0n) is 13.8. The minimum absolute atomic E-state index is 0.0937. The van der Waals surface area contributed by atoms with E-state index in [0.717, 1.165) is 15.1 Å². The van der Waals surface area contributed by atoms with E-state index in [9.17, 15) is 9.90 Å². The molecular formula is C17H18ClN3O3S. The molecule has 6 nitrogen and oxygen atoms in total. The number of aryl methyl sites for hydroxylation is 1. The highest BCUT2D eigenvalue weighted by Gasteiger charge is 2.24. The molecule has 1 amide bonds. The second-order valence-electron chi connectivity index (χ2n) is 5.82. The van der Waals surface area contributed by atoms with Crippen molar-refractivity contribution in [2.75, 3.05) is 11.4 Å². The SMILES string of the molecule is Cc1c(C(C)CN)sc2c(N(Cc3ccco3)C(=O)O)cc(Cl)nc12. The topological polar surface area (TPSA) is 92.6 Å². The van der Waals surface area contributed by atoms with E-state index in [0.29, 0.717) is 23.5 Å². The summed E-state index contributed by atoms with van der Waals surface area (Å²) >= 11 is 7.69. The molecule has 1 atom stereocenters. The van der Waals surface area contributed by atoms with Crippen LogP contribution in [-0.4, -0.2) is 22.7 Å². The summed E-state index contributed by atoms with van der Waals surface area (Å²) in [5.74, 6) is 0.710. The largest absolute Gasteiger partial charge is 0.467 e. The summed E-state index contributed by atoms with van der Waals surface area (Å²) in [6.07, 6.45) is 0.431. The van der Waals surface area contributed by atoms with Gasteiger partial charge in [-0.15, -0.1) is 11.3 Å². The third-order valence-corrected chi connectivity index (χ3v) is 5.80. The fourth-order valence-electron chi connectivity index (χ4n) is 2.74. The van der Waals surface area contributed by atoms with Crippen molar-refractivity contribution >= 4 is 44.9 Å². The number of anilines is 1. The number of carbonyl (C=O) groups is 1. The van der Waals surface area contributed by atoms with Crippen molar-refractivity contribution in [3.8, 4) is 0 Å². The maximum atomic E-state index is 11.9. The van der Waals surface area contributed by atoms with Crippen molar-refractivity contribution in [1.82, 2.24) is 4.98 Å². The molecule has 1 unspecified atom stereocenters. The van der Waals surface area contributed by atoms with Crippen LogP contribution >= 0.6 is 22.9 Å². The van der Waals surface area contributed by atoms with Crippen LogP contribution in [0.5, 0.6) is 0 Å². The number of nitrogens with two attached hydrogens (primary N) is 1. The summed E-state index contributed by atoms with van der Waals surface area (Å²) in [5, 5.41) is 9.96. The average Bonchev–Trinajstić information content (AvgIpc) is 3.20. The van der Waals surface area contributed by atoms with E-state index < -0.39 is 6.09 Å². The number of hydrogen-bond acceptors (Lipinski definition) is 5. The van der Waals surface area contributed by atoms with E-state index in [-0.39, 0.29) is 17.6 Å². The van der Waals surface area contributed by atoms with Crippen LogP contribution in [0.1, 0.15) is 29.0 Å². The summed E-state index contributed by atoms with van der Waals surface area (Å²) in [4.78, 5) is 18.6. The Hall–Kier alpha value is -2.09. The lowest BCUT2D eigenvalue weighted by Gasteiger charge is -2.19. The van der Waals surface area contributed by atoms with Crippen LogP contribution in [0.25, 0.3) is 10.2 Å². The normalized spacial score (nSPS) is 12.5. The van der Waals surface area contributed by atoms with Crippen LogP contribution in [0.3, 0.4) is 0 Å². The average molecular weight is 380 g/mol. The first-order chi connectivity index (χ1) is 11.9. The zero-order valence-corrected chi connectivity index (χ0v) is 15.4. The number of thiophene rings is 1. The fourth-order valence-corrected chi connectivity index (χ4v) is 4.26. The van der Waals surface area contributed by atoms with Crippen LogP contribution in [0, 0.1) is 6.92 Å². The Morgan fingerprint density at radius 1 is 1.56 bits per heavy atom. The Balaban J connectivity index is 2.17. The second kappa shape index (κ2) is 7.03. The molecule has 25 heavy (non-hydrogen) atoms. The number of carboxylic acid groups (broad SMARTS) is 1. The first-order valence-electron chi connectivity index (χ1n) is 7.74. The molecule has 0 saturated heterocycles. The van der Waals surface area contributed by atoms with Crippen LogP contribution < -0.4 is 10.6 Å². The summed E-state index contributed by atoms with van der Waals surface area (Å²) in [6.45, 7) is 4.60. The number of pyridine rings is 1. The number of furan rings is 1. The van der Waals surface area contributed by atoms with Gasteiger partial charge in [0, 0.05) is 16.9 Å². The third-order valence-electron chi connectivity index (χ3n) is 4.08. The molecule has 3 N–H and O–H groups in total. The Bertz CT molecular complexity index is 908. The van der Waals surface area contributed by atoms with Crippen molar-refractivity contribution in [2.45, 2.75) is 26.3 Å². The number of aromatic nitrogens is 1. The maximum Gasteiger partial charge on any atom is 0.412 e. The zero-order chi connectivity index (χ0) is 18.1. The molecule has 3 aromatic rings. The standard InChI is InChI=1S/C17H18ClN3O3S/c1-9(7-19)15-10(2)14-16(25-15)12(6-13(18)20-14)21(17(22)23)8-11-4-3-5-24-11/h3-6,9H,7-8,19H2,1-2H3,(H,22,23). The van der Waals surface area contributed by atoms with Gasteiger partial charge in [0.2, 0.25) is 0 Å². The predicted molar refractivity (Wildman–Crippen MR) is 99.8 cm³/mol. The van der Waals surface area contributed by atoms with E-state index in [1.165, 1.54) is 22.5 Å².